The maximum atomic E-state index is 13.6. The zero-order valence-electron chi connectivity index (χ0n) is 10.8. The van der Waals surface area contributed by atoms with Crippen molar-refractivity contribution in [1.82, 2.24) is 0 Å². The van der Waals surface area contributed by atoms with E-state index in [1.54, 1.807) is 12.1 Å². The van der Waals surface area contributed by atoms with E-state index in [0.29, 0.717) is 18.8 Å². The molecule has 2 saturated carbocycles. The molecule has 0 unspecified atom stereocenters. The van der Waals surface area contributed by atoms with Crippen molar-refractivity contribution in [2.75, 3.05) is 0 Å². The van der Waals surface area contributed by atoms with Crippen LogP contribution in [0.5, 0.6) is 0 Å². The molecule has 0 radical (unpaired) electrons. The smallest absolute Gasteiger partial charge is 0.263 e. The summed E-state index contributed by atoms with van der Waals surface area (Å²) in [5, 5.41) is 0. The van der Waals surface area contributed by atoms with E-state index in [1.807, 2.05) is 6.92 Å². The Kier molecular flexibility index (Phi) is 3.14. The minimum absolute atomic E-state index is 0.149. The molecule has 0 aliphatic heterocycles. The summed E-state index contributed by atoms with van der Waals surface area (Å²) in [7, 11) is -3.77. The predicted octanol–water partition coefficient (Wildman–Crippen LogP) is 2.84. The molecule has 3 nitrogen and oxygen atoms in total. The third kappa shape index (κ3) is 2.41. The topological polar surface area (TPSA) is 43.4 Å². The van der Waals surface area contributed by atoms with Gasteiger partial charge in [0, 0.05) is 5.92 Å². The summed E-state index contributed by atoms with van der Waals surface area (Å²) in [6, 6.07) is 6.53. The normalized spacial score (nSPS) is 33.8. The fourth-order valence-corrected chi connectivity index (χ4v) is 4.36. The van der Waals surface area contributed by atoms with Crippen LogP contribution in [0.25, 0.3) is 0 Å². The highest BCUT2D eigenvalue weighted by Crippen LogP contribution is 2.48. The van der Waals surface area contributed by atoms with Gasteiger partial charge in [0.05, 0.1) is 11.0 Å². The number of alkyl halides is 1. The molecule has 1 aromatic carbocycles. The second-order valence-corrected chi connectivity index (χ2v) is 7.23. The van der Waals surface area contributed by atoms with E-state index in [9.17, 15) is 12.8 Å². The van der Waals surface area contributed by atoms with Gasteiger partial charge in [-0.25, -0.2) is 4.39 Å². The average Bonchev–Trinajstić information content (AvgIpc) is 2.87. The summed E-state index contributed by atoms with van der Waals surface area (Å²) in [5.74, 6) is 0.0449. The number of rotatable bonds is 3. The van der Waals surface area contributed by atoms with E-state index in [0.717, 1.165) is 12.0 Å². The van der Waals surface area contributed by atoms with Crippen LogP contribution in [0.1, 0.15) is 24.8 Å². The zero-order valence-corrected chi connectivity index (χ0v) is 11.6. The largest absolute Gasteiger partial charge is 0.297 e. The molecule has 2 fully saturated rings. The lowest BCUT2D eigenvalue weighted by Gasteiger charge is -2.24. The van der Waals surface area contributed by atoms with Gasteiger partial charge in [-0.15, -0.1) is 0 Å². The molecule has 0 amide bonds. The second-order valence-electron chi connectivity index (χ2n) is 5.65. The first-order valence-corrected chi connectivity index (χ1v) is 8.00. The van der Waals surface area contributed by atoms with E-state index in [-0.39, 0.29) is 10.8 Å². The van der Waals surface area contributed by atoms with Crippen molar-refractivity contribution in [2.24, 2.45) is 11.8 Å². The summed E-state index contributed by atoms with van der Waals surface area (Å²) < 4.78 is 43.2. The highest BCUT2D eigenvalue weighted by molar-refractivity contribution is 7.86. The maximum absolute atomic E-state index is 13.6. The van der Waals surface area contributed by atoms with Gasteiger partial charge in [-0.05, 0) is 44.2 Å². The van der Waals surface area contributed by atoms with Crippen molar-refractivity contribution in [1.29, 1.82) is 0 Å². The van der Waals surface area contributed by atoms with Gasteiger partial charge in [0.1, 0.15) is 6.17 Å². The lowest BCUT2D eigenvalue weighted by molar-refractivity contribution is 0.0875. The van der Waals surface area contributed by atoms with Crippen LogP contribution in [-0.4, -0.2) is 20.7 Å². The Hall–Kier alpha value is -0.940. The van der Waals surface area contributed by atoms with Crippen LogP contribution >= 0.6 is 0 Å². The molecular weight excluding hydrogens is 267 g/mol. The van der Waals surface area contributed by atoms with Gasteiger partial charge in [0.15, 0.2) is 0 Å². The Balaban J connectivity index is 1.77. The SMILES string of the molecule is Cc1ccc(S(=O)(=O)O[C@H]2C[C@H]3C[C@@H]2[C@@H](F)C3)cc1. The molecule has 2 aliphatic carbocycles. The van der Waals surface area contributed by atoms with Crippen molar-refractivity contribution in [3.8, 4) is 0 Å². The maximum Gasteiger partial charge on any atom is 0.297 e. The van der Waals surface area contributed by atoms with Crippen molar-refractivity contribution < 1.29 is 17.0 Å². The molecule has 1 aromatic rings. The highest BCUT2D eigenvalue weighted by Gasteiger charge is 2.48. The Morgan fingerprint density at radius 1 is 1.16 bits per heavy atom. The van der Waals surface area contributed by atoms with E-state index in [2.05, 4.69) is 0 Å². The highest BCUT2D eigenvalue weighted by atomic mass is 32.2. The standard InChI is InChI=1S/C14H17FO3S/c1-9-2-4-11(5-3-9)19(16,17)18-14-8-10-6-12(14)13(15)7-10/h2-5,10,12-14H,6-8H2,1H3/t10-,12+,13-,14-/m0/s1. The summed E-state index contributed by atoms with van der Waals surface area (Å²) in [6.45, 7) is 1.89. The molecule has 3 rings (SSSR count). The first-order chi connectivity index (χ1) is 8.95. The van der Waals surface area contributed by atoms with Crippen molar-refractivity contribution in [3.63, 3.8) is 0 Å². The van der Waals surface area contributed by atoms with E-state index in [4.69, 9.17) is 4.18 Å². The number of benzene rings is 1. The summed E-state index contributed by atoms with van der Waals surface area (Å²) >= 11 is 0. The summed E-state index contributed by atoms with van der Waals surface area (Å²) in [5.41, 5.74) is 0.989. The van der Waals surface area contributed by atoms with Crippen LogP contribution in [-0.2, 0) is 14.3 Å². The molecular formula is C14H17FO3S. The van der Waals surface area contributed by atoms with Crippen LogP contribution in [0, 0.1) is 18.8 Å². The molecule has 0 saturated heterocycles. The molecule has 104 valence electrons. The molecule has 0 aromatic heterocycles. The van der Waals surface area contributed by atoms with Crippen molar-refractivity contribution >= 4 is 10.1 Å². The van der Waals surface area contributed by atoms with Gasteiger partial charge in [0.25, 0.3) is 10.1 Å². The summed E-state index contributed by atoms with van der Waals surface area (Å²) in [6.07, 6.45) is 0.595. The average molecular weight is 284 g/mol. The van der Waals surface area contributed by atoms with Crippen LogP contribution in [0.2, 0.25) is 0 Å². The Morgan fingerprint density at radius 3 is 2.42 bits per heavy atom. The number of fused-ring (bicyclic) bond motifs is 2. The Morgan fingerprint density at radius 2 is 1.84 bits per heavy atom. The molecule has 4 atom stereocenters. The third-order valence-corrected chi connectivity index (χ3v) is 5.58. The fraction of sp³-hybridized carbons (Fsp3) is 0.571. The van der Waals surface area contributed by atoms with Crippen LogP contribution < -0.4 is 0 Å². The van der Waals surface area contributed by atoms with E-state index < -0.39 is 22.4 Å². The number of aryl methyl sites for hydroxylation is 1. The minimum Gasteiger partial charge on any atom is -0.263 e. The molecule has 5 heteroatoms. The fourth-order valence-electron chi connectivity index (χ4n) is 3.24. The van der Waals surface area contributed by atoms with Crippen LogP contribution in [0.15, 0.2) is 29.2 Å². The van der Waals surface area contributed by atoms with Gasteiger partial charge >= 0.3 is 0 Å². The second kappa shape index (κ2) is 4.56. The molecule has 0 N–H and O–H groups in total. The minimum atomic E-state index is -3.77. The monoisotopic (exact) mass is 284 g/mol. The van der Waals surface area contributed by atoms with Gasteiger partial charge < -0.3 is 0 Å². The van der Waals surface area contributed by atoms with Crippen LogP contribution in [0.3, 0.4) is 0 Å². The summed E-state index contributed by atoms with van der Waals surface area (Å²) in [4.78, 5) is 0.149. The van der Waals surface area contributed by atoms with Gasteiger partial charge in [0.2, 0.25) is 0 Å². The third-order valence-electron chi connectivity index (χ3n) is 4.23. The molecule has 0 heterocycles. The van der Waals surface area contributed by atoms with Gasteiger partial charge in [-0.3, -0.25) is 4.18 Å². The molecule has 19 heavy (non-hydrogen) atoms. The van der Waals surface area contributed by atoms with E-state index in [1.165, 1.54) is 12.1 Å². The Bertz CT molecular complexity index is 567. The van der Waals surface area contributed by atoms with Crippen molar-refractivity contribution in [2.45, 2.75) is 43.4 Å². The predicted molar refractivity (Wildman–Crippen MR) is 69.0 cm³/mol. The van der Waals surface area contributed by atoms with Crippen molar-refractivity contribution in [3.05, 3.63) is 29.8 Å². The van der Waals surface area contributed by atoms with Gasteiger partial charge in [-0.1, -0.05) is 17.7 Å². The van der Waals surface area contributed by atoms with Gasteiger partial charge in [-0.2, -0.15) is 8.42 Å². The number of hydrogen-bond acceptors (Lipinski definition) is 3. The first-order valence-electron chi connectivity index (χ1n) is 6.60. The lowest BCUT2D eigenvalue weighted by Crippen LogP contribution is -2.30. The molecule has 2 aliphatic rings. The quantitative estimate of drug-likeness (QED) is 0.802. The Labute approximate surface area is 112 Å². The number of hydrogen-bond donors (Lipinski definition) is 0. The first kappa shape index (κ1) is 13.1. The number of halogens is 1. The lowest BCUT2D eigenvalue weighted by atomic mass is 9.96. The molecule has 0 spiro atoms. The molecule has 2 bridgehead atoms. The van der Waals surface area contributed by atoms with E-state index >= 15 is 0 Å². The zero-order chi connectivity index (χ0) is 13.6. The van der Waals surface area contributed by atoms with Crippen LogP contribution in [0.4, 0.5) is 4.39 Å².